The van der Waals surface area contributed by atoms with E-state index in [1.165, 1.54) is 11.1 Å². The minimum Gasteiger partial charge on any atom is -0.493 e. The molecule has 1 saturated heterocycles. The Morgan fingerprint density at radius 2 is 2.21 bits per heavy atom. The Morgan fingerprint density at radius 3 is 2.89 bits per heavy atom. The number of carbonyl (C=O) groups is 1. The van der Waals surface area contributed by atoms with Gasteiger partial charge in [0.05, 0.1) is 6.61 Å². The van der Waals surface area contributed by atoms with Gasteiger partial charge in [-0.05, 0) is 36.0 Å². The highest BCUT2D eigenvalue weighted by Gasteiger charge is 2.40. The Bertz CT molecular complexity index is 509. The fourth-order valence-electron chi connectivity index (χ4n) is 3.22. The second kappa shape index (κ2) is 4.55. The zero-order valence-electron chi connectivity index (χ0n) is 11.7. The first-order chi connectivity index (χ1) is 9.09. The van der Waals surface area contributed by atoms with Crippen LogP contribution < -0.4 is 10.1 Å². The smallest absolute Gasteiger partial charge is 0.220 e. The first-order valence-corrected chi connectivity index (χ1v) is 7.15. The number of hydrogen-bond acceptors (Lipinski definition) is 2. The van der Waals surface area contributed by atoms with Crippen LogP contribution in [-0.2, 0) is 17.6 Å². The van der Waals surface area contributed by atoms with Crippen LogP contribution in [0, 0.1) is 5.92 Å². The third-order valence-corrected chi connectivity index (χ3v) is 4.57. The third kappa shape index (κ3) is 2.22. The minimum absolute atomic E-state index is 0.0647. The van der Waals surface area contributed by atoms with Gasteiger partial charge in [-0.1, -0.05) is 26.0 Å². The lowest BCUT2D eigenvalue weighted by atomic mass is 9.79. The van der Waals surface area contributed by atoms with Crippen molar-refractivity contribution in [3.05, 3.63) is 29.3 Å². The number of hydrogen-bond donors (Lipinski definition) is 1. The molecule has 2 aliphatic heterocycles. The van der Waals surface area contributed by atoms with E-state index in [4.69, 9.17) is 4.74 Å². The lowest BCUT2D eigenvalue weighted by molar-refractivity contribution is -0.120. The van der Waals surface area contributed by atoms with Crippen molar-refractivity contribution in [1.82, 2.24) is 5.32 Å². The average Bonchev–Trinajstić information content (AvgIpc) is 2.96. The van der Waals surface area contributed by atoms with Gasteiger partial charge >= 0.3 is 0 Å². The summed E-state index contributed by atoms with van der Waals surface area (Å²) in [6.07, 6.45) is 3.53. The van der Waals surface area contributed by atoms with Crippen LogP contribution in [-0.4, -0.2) is 18.1 Å². The molecule has 102 valence electrons. The lowest BCUT2D eigenvalue weighted by Gasteiger charge is -2.33. The molecule has 1 unspecified atom stereocenters. The van der Waals surface area contributed by atoms with Gasteiger partial charge in [0.25, 0.3) is 0 Å². The van der Waals surface area contributed by atoms with Gasteiger partial charge in [-0.25, -0.2) is 0 Å². The van der Waals surface area contributed by atoms with Crippen LogP contribution >= 0.6 is 0 Å². The van der Waals surface area contributed by atoms with E-state index in [2.05, 4.69) is 37.4 Å². The molecule has 3 rings (SSSR count). The van der Waals surface area contributed by atoms with Crippen molar-refractivity contribution in [2.45, 2.75) is 45.1 Å². The van der Waals surface area contributed by atoms with E-state index in [0.29, 0.717) is 12.3 Å². The molecule has 0 saturated carbocycles. The number of amides is 1. The molecule has 0 spiro atoms. The molecule has 1 fully saturated rings. The van der Waals surface area contributed by atoms with E-state index >= 15 is 0 Å². The molecule has 2 aliphatic rings. The molecule has 3 nitrogen and oxygen atoms in total. The minimum atomic E-state index is -0.0647. The summed E-state index contributed by atoms with van der Waals surface area (Å²) in [6, 6.07) is 6.46. The number of benzene rings is 1. The molecule has 1 amide bonds. The van der Waals surface area contributed by atoms with Gasteiger partial charge in [0.15, 0.2) is 0 Å². The van der Waals surface area contributed by atoms with Crippen molar-refractivity contribution in [1.29, 1.82) is 0 Å². The largest absolute Gasteiger partial charge is 0.493 e. The summed E-state index contributed by atoms with van der Waals surface area (Å²) in [6.45, 7) is 5.19. The monoisotopic (exact) mass is 259 g/mol. The lowest BCUT2D eigenvalue weighted by Crippen LogP contribution is -2.48. The summed E-state index contributed by atoms with van der Waals surface area (Å²) in [5.74, 6) is 1.67. The summed E-state index contributed by atoms with van der Waals surface area (Å²) in [5.41, 5.74) is 2.55. The number of nitrogens with one attached hydrogen (secondary N) is 1. The normalized spacial score (nSPS) is 25.3. The first-order valence-electron chi connectivity index (χ1n) is 7.15. The third-order valence-electron chi connectivity index (χ3n) is 4.57. The zero-order chi connectivity index (χ0) is 13.5. The zero-order valence-corrected chi connectivity index (χ0v) is 11.7. The highest BCUT2D eigenvalue weighted by molar-refractivity contribution is 5.79. The van der Waals surface area contributed by atoms with E-state index in [0.717, 1.165) is 31.6 Å². The number of rotatable bonds is 3. The maximum atomic E-state index is 11.6. The quantitative estimate of drug-likeness (QED) is 0.905. The molecule has 0 aromatic heterocycles. The van der Waals surface area contributed by atoms with Crippen LogP contribution in [0.5, 0.6) is 5.75 Å². The van der Waals surface area contributed by atoms with Gasteiger partial charge in [0, 0.05) is 18.4 Å². The van der Waals surface area contributed by atoms with Crippen molar-refractivity contribution in [3.8, 4) is 5.75 Å². The number of ether oxygens (including phenoxy) is 1. The highest BCUT2D eigenvalue weighted by Crippen LogP contribution is 2.34. The average molecular weight is 259 g/mol. The predicted octanol–water partition coefficient (Wildman–Crippen LogP) is 2.47. The second-order valence-corrected chi connectivity index (χ2v) is 6.08. The Morgan fingerprint density at radius 1 is 1.37 bits per heavy atom. The van der Waals surface area contributed by atoms with Gasteiger partial charge in [0.2, 0.25) is 5.91 Å². The van der Waals surface area contributed by atoms with Crippen LogP contribution in [0.4, 0.5) is 0 Å². The van der Waals surface area contributed by atoms with Crippen molar-refractivity contribution in [2.75, 3.05) is 6.61 Å². The summed E-state index contributed by atoms with van der Waals surface area (Å²) in [5, 5.41) is 3.21. The molecule has 3 heteroatoms. The number of carbonyl (C=O) groups excluding carboxylic acids is 1. The molecule has 1 atom stereocenters. The predicted molar refractivity (Wildman–Crippen MR) is 74.3 cm³/mol. The van der Waals surface area contributed by atoms with Gasteiger partial charge in [-0.15, -0.1) is 0 Å². The Hall–Kier alpha value is -1.51. The standard InChI is InChI=1S/C16H21NO2/c1-11(2)16(7-5-15(18)17-16)10-12-3-4-14-13(9-12)6-8-19-14/h3-4,9,11H,5-8,10H2,1-2H3,(H,17,18). The maximum Gasteiger partial charge on any atom is 0.220 e. The maximum absolute atomic E-state index is 11.6. The van der Waals surface area contributed by atoms with Crippen LogP contribution in [0.15, 0.2) is 18.2 Å². The van der Waals surface area contributed by atoms with Crippen molar-refractivity contribution >= 4 is 5.91 Å². The van der Waals surface area contributed by atoms with Gasteiger partial charge < -0.3 is 10.1 Å². The van der Waals surface area contributed by atoms with Gasteiger partial charge in [0.1, 0.15) is 5.75 Å². The molecule has 0 radical (unpaired) electrons. The first kappa shape index (κ1) is 12.5. The topological polar surface area (TPSA) is 38.3 Å². The van der Waals surface area contributed by atoms with E-state index in [9.17, 15) is 4.79 Å². The molecule has 1 aromatic rings. The SMILES string of the molecule is CC(C)C1(Cc2ccc3c(c2)CCO3)CCC(=O)N1. The summed E-state index contributed by atoms with van der Waals surface area (Å²) >= 11 is 0. The second-order valence-electron chi connectivity index (χ2n) is 6.08. The summed E-state index contributed by atoms with van der Waals surface area (Å²) in [7, 11) is 0. The Balaban J connectivity index is 1.85. The fraction of sp³-hybridized carbons (Fsp3) is 0.562. The van der Waals surface area contributed by atoms with Crippen LogP contribution in [0.3, 0.4) is 0 Å². The molecule has 2 heterocycles. The van der Waals surface area contributed by atoms with E-state index < -0.39 is 0 Å². The van der Waals surface area contributed by atoms with E-state index in [1.807, 2.05) is 0 Å². The van der Waals surface area contributed by atoms with Gasteiger partial charge in [-0.2, -0.15) is 0 Å². The molecule has 1 aromatic carbocycles. The molecular formula is C16H21NO2. The highest BCUT2D eigenvalue weighted by atomic mass is 16.5. The molecule has 19 heavy (non-hydrogen) atoms. The summed E-state index contributed by atoms with van der Waals surface area (Å²) in [4.78, 5) is 11.6. The molecular weight excluding hydrogens is 238 g/mol. The Kier molecular flexibility index (Phi) is 3.00. The van der Waals surface area contributed by atoms with Crippen molar-refractivity contribution in [3.63, 3.8) is 0 Å². The van der Waals surface area contributed by atoms with E-state index in [-0.39, 0.29) is 11.4 Å². The van der Waals surface area contributed by atoms with E-state index in [1.54, 1.807) is 0 Å². The Labute approximate surface area is 114 Å². The molecule has 1 N–H and O–H groups in total. The van der Waals surface area contributed by atoms with Crippen molar-refractivity contribution < 1.29 is 9.53 Å². The van der Waals surface area contributed by atoms with Gasteiger partial charge in [-0.3, -0.25) is 4.79 Å². The molecule has 0 bridgehead atoms. The number of fused-ring (bicyclic) bond motifs is 1. The van der Waals surface area contributed by atoms with Crippen molar-refractivity contribution in [2.24, 2.45) is 5.92 Å². The van der Waals surface area contributed by atoms with Crippen LogP contribution in [0.1, 0.15) is 37.8 Å². The summed E-state index contributed by atoms with van der Waals surface area (Å²) < 4.78 is 5.54. The molecule has 0 aliphatic carbocycles. The fourth-order valence-corrected chi connectivity index (χ4v) is 3.22. The van der Waals surface area contributed by atoms with Crippen LogP contribution in [0.2, 0.25) is 0 Å². The van der Waals surface area contributed by atoms with Crippen LogP contribution in [0.25, 0.3) is 0 Å².